The first-order valence-electron chi connectivity index (χ1n) is 13.0. The standard InChI is InChI=1S/C27H45F3O3/c1-5-9-10-11-12-13-14-23(16-15-22-20-25(29)26(30)21-24(22)28)27(31-17-6-2,32-18-7-3)33-19-8-4/h20-21,23H,5-19H2,1-4H3. The minimum absolute atomic E-state index is 0.152. The van der Waals surface area contributed by atoms with Gasteiger partial charge in [-0.05, 0) is 50.2 Å². The van der Waals surface area contributed by atoms with Gasteiger partial charge in [-0.3, -0.25) is 0 Å². The molecular formula is C27H45F3O3. The molecule has 0 aromatic heterocycles. The average Bonchev–Trinajstić information content (AvgIpc) is 2.81. The molecule has 0 radical (unpaired) electrons. The van der Waals surface area contributed by atoms with Gasteiger partial charge in [0.25, 0.3) is 5.97 Å². The smallest absolute Gasteiger partial charge is 0.285 e. The largest absolute Gasteiger partial charge is 0.327 e. The number of unbranched alkanes of at least 4 members (excludes halogenated alkanes) is 5. The quantitative estimate of drug-likeness (QED) is 0.108. The fraction of sp³-hybridized carbons (Fsp3) is 0.778. The normalized spacial score (nSPS) is 12.9. The van der Waals surface area contributed by atoms with Crippen molar-refractivity contribution in [2.45, 2.75) is 111 Å². The Morgan fingerprint density at radius 1 is 0.636 bits per heavy atom. The van der Waals surface area contributed by atoms with E-state index in [4.69, 9.17) is 14.2 Å². The van der Waals surface area contributed by atoms with Gasteiger partial charge in [-0.15, -0.1) is 0 Å². The Morgan fingerprint density at radius 3 is 1.70 bits per heavy atom. The third-order valence-electron chi connectivity index (χ3n) is 5.78. The van der Waals surface area contributed by atoms with E-state index in [-0.39, 0.29) is 17.9 Å². The summed E-state index contributed by atoms with van der Waals surface area (Å²) in [4.78, 5) is 0. The van der Waals surface area contributed by atoms with Crippen LogP contribution < -0.4 is 0 Å². The summed E-state index contributed by atoms with van der Waals surface area (Å²) in [6.07, 6.45) is 10.9. The number of rotatable bonds is 20. The molecule has 0 bridgehead atoms. The highest BCUT2D eigenvalue weighted by molar-refractivity contribution is 5.20. The summed E-state index contributed by atoms with van der Waals surface area (Å²) >= 11 is 0. The lowest BCUT2D eigenvalue weighted by molar-refractivity contribution is -0.406. The van der Waals surface area contributed by atoms with Gasteiger partial charge in [0.1, 0.15) is 5.82 Å². The maximum Gasteiger partial charge on any atom is 0.285 e. The van der Waals surface area contributed by atoms with Crippen LogP contribution in [0, 0.1) is 23.4 Å². The summed E-state index contributed by atoms with van der Waals surface area (Å²) < 4.78 is 60.1. The second kappa shape index (κ2) is 17.3. The van der Waals surface area contributed by atoms with Crippen LogP contribution >= 0.6 is 0 Å². The Balaban J connectivity index is 3.08. The Labute approximate surface area is 199 Å². The van der Waals surface area contributed by atoms with Crippen molar-refractivity contribution in [1.29, 1.82) is 0 Å². The molecule has 0 aliphatic heterocycles. The van der Waals surface area contributed by atoms with Crippen LogP contribution in [0.3, 0.4) is 0 Å². The number of hydrogen-bond donors (Lipinski definition) is 0. The summed E-state index contributed by atoms with van der Waals surface area (Å²) in [5, 5.41) is 0. The SMILES string of the molecule is CCCCCCCCC(CCc1cc(F)c(F)cc1F)C(OCCC)(OCCC)OCCC. The minimum atomic E-state index is -1.21. The maximum absolute atomic E-state index is 14.3. The molecule has 192 valence electrons. The van der Waals surface area contributed by atoms with Crippen LogP contribution in [-0.4, -0.2) is 25.8 Å². The summed E-state index contributed by atoms with van der Waals surface area (Å²) in [6, 6.07) is 1.58. The van der Waals surface area contributed by atoms with Gasteiger partial charge < -0.3 is 14.2 Å². The van der Waals surface area contributed by atoms with Crippen LogP contribution in [-0.2, 0) is 20.6 Å². The van der Waals surface area contributed by atoms with Crippen molar-refractivity contribution in [2.24, 2.45) is 5.92 Å². The second-order valence-electron chi connectivity index (χ2n) is 8.80. The summed E-state index contributed by atoms with van der Waals surface area (Å²) in [7, 11) is 0. The second-order valence-corrected chi connectivity index (χ2v) is 8.80. The van der Waals surface area contributed by atoms with Crippen LogP contribution in [0.5, 0.6) is 0 Å². The number of hydrogen-bond acceptors (Lipinski definition) is 3. The van der Waals surface area contributed by atoms with E-state index >= 15 is 0 Å². The summed E-state index contributed by atoms with van der Waals surface area (Å²) in [6.45, 7) is 9.75. The zero-order valence-corrected chi connectivity index (χ0v) is 21.2. The molecule has 0 aliphatic rings. The highest BCUT2D eigenvalue weighted by Gasteiger charge is 2.42. The molecule has 0 spiro atoms. The van der Waals surface area contributed by atoms with Crippen LogP contribution in [0.1, 0.15) is 104 Å². The number of halogens is 3. The third kappa shape index (κ3) is 10.8. The van der Waals surface area contributed by atoms with Gasteiger partial charge in [0, 0.05) is 12.0 Å². The number of ether oxygens (including phenoxy) is 3. The maximum atomic E-state index is 14.3. The van der Waals surface area contributed by atoms with Crippen LogP contribution in [0.2, 0.25) is 0 Å². The molecule has 1 unspecified atom stereocenters. The lowest BCUT2D eigenvalue weighted by Gasteiger charge is -2.40. The molecule has 0 N–H and O–H groups in total. The van der Waals surface area contributed by atoms with Gasteiger partial charge in [0.15, 0.2) is 11.6 Å². The number of aryl methyl sites for hydroxylation is 1. The van der Waals surface area contributed by atoms with Crippen LogP contribution in [0.15, 0.2) is 12.1 Å². The van der Waals surface area contributed by atoms with Crippen molar-refractivity contribution in [3.8, 4) is 0 Å². The summed E-state index contributed by atoms with van der Waals surface area (Å²) in [5.41, 5.74) is 0.164. The van der Waals surface area contributed by atoms with Crippen molar-refractivity contribution in [1.82, 2.24) is 0 Å². The molecule has 0 fully saturated rings. The molecule has 0 saturated heterocycles. The zero-order valence-electron chi connectivity index (χ0n) is 21.2. The topological polar surface area (TPSA) is 27.7 Å². The van der Waals surface area contributed by atoms with E-state index in [1.165, 1.54) is 25.7 Å². The molecule has 1 aromatic carbocycles. The lowest BCUT2D eigenvalue weighted by atomic mass is 9.91. The van der Waals surface area contributed by atoms with Crippen molar-refractivity contribution in [3.63, 3.8) is 0 Å². The lowest BCUT2D eigenvalue weighted by Crippen LogP contribution is -2.47. The minimum Gasteiger partial charge on any atom is -0.327 e. The molecule has 1 atom stereocenters. The Kier molecular flexibility index (Phi) is 15.7. The molecule has 6 heteroatoms. The van der Waals surface area contributed by atoms with Crippen molar-refractivity contribution in [2.75, 3.05) is 19.8 Å². The third-order valence-corrected chi connectivity index (χ3v) is 5.78. The molecule has 0 saturated carbocycles. The van der Waals surface area contributed by atoms with Gasteiger partial charge in [0.05, 0.1) is 19.8 Å². The van der Waals surface area contributed by atoms with Gasteiger partial charge in [0.2, 0.25) is 0 Å². The van der Waals surface area contributed by atoms with Crippen LogP contribution in [0.25, 0.3) is 0 Å². The molecule has 0 heterocycles. The van der Waals surface area contributed by atoms with E-state index in [0.717, 1.165) is 44.6 Å². The first-order valence-corrected chi connectivity index (χ1v) is 13.0. The molecule has 1 rings (SSSR count). The van der Waals surface area contributed by atoms with Gasteiger partial charge in [-0.25, -0.2) is 13.2 Å². The average molecular weight is 475 g/mol. The van der Waals surface area contributed by atoms with Gasteiger partial charge in [-0.2, -0.15) is 0 Å². The molecule has 1 aromatic rings. The van der Waals surface area contributed by atoms with E-state index in [1.807, 2.05) is 20.8 Å². The van der Waals surface area contributed by atoms with Gasteiger partial charge >= 0.3 is 0 Å². The Hall–Kier alpha value is -1.11. The van der Waals surface area contributed by atoms with Crippen molar-refractivity contribution < 1.29 is 27.4 Å². The molecule has 0 aliphatic carbocycles. The molecule has 0 amide bonds. The van der Waals surface area contributed by atoms with Crippen LogP contribution in [0.4, 0.5) is 13.2 Å². The molecule has 3 nitrogen and oxygen atoms in total. The molecule has 33 heavy (non-hydrogen) atoms. The highest BCUT2D eigenvalue weighted by atomic mass is 19.2. The fourth-order valence-electron chi connectivity index (χ4n) is 3.97. The van der Waals surface area contributed by atoms with Crippen molar-refractivity contribution >= 4 is 0 Å². The predicted octanol–water partition coefficient (Wildman–Crippen LogP) is 8.34. The van der Waals surface area contributed by atoms with E-state index in [1.54, 1.807) is 0 Å². The highest BCUT2D eigenvalue weighted by Crippen LogP contribution is 2.35. The Bertz CT molecular complexity index is 618. The molecular weight excluding hydrogens is 429 g/mol. The van der Waals surface area contributed by atoms with E-state index in [2.05, 4.69) is 6.92 Å². The van der Waals surface area contributed by atoms with Crippen molar-refractivity contribution in [3.05, 3.63) is 35.1 Å². The first kappa shape index (κ1) is 29.9. The van der Waals surface area contributed by atoms with Gasteiger partial charge in [-0.1, -0.05) is 66.2 Å². The monoisotopic (exact) mass is 474 g/mol. The van der Waals surface area contributed by atoms with E-state index in [0.29, 0.717) is 32.3 Å². The predicted molar refractivity (Wildman–Crippen MR) is 128 cm³/mol. The fourth-order valence-corrected chi connectivity index (χ4v) is 3.97. The Morgan fingerprint density at radius 2 is 1.15 bits per heavy atom. The first-order chi connectivity index (χ1) is 15.9. The zero-order chi connectivity index (χ0) is 24.5. The number of benzene rings is 1. The summed E-state index contributed by atoms with van der Waals surface area (Å²) in [5.74, 6) is -4.28. The van der Waals surface area contributed by atoms with E-state index in [9.17, 15) is 13.2 Å². The van der Waals surface area contributed by atoms with E-state index < -0.39 is 23.4 Å².